The largest absolute Gasteiger partial charge is 0.290 e. The minimum absolute atomic E-state index is 0.351. The summed E-state index contributed by atoms with van der Waals surface area (Å²) in [4.78, 5) is 6.03. The molecule has 132 valence electrons. The number of nitrogens with zero attached hydrogens (tertiary/aromatic N) is 2. The van der Waals surface area contributed by atoms with E-state index in [0.29, 0.717) is 4.90 Å². The molecule has 1 aliphatic rings. The molecule has 0 saturated heterocycles. The highest BCUT2D eigenvalue weighted by molar-refractivity contribution is 7.90. The van der Waals surface area contributed by atoms with Gasteiger partial charge in [0.2, 0.25) is 0 Å². The van der Waals surface area contributed by atoms with Crippen LogP contribution < -0.4 is 0 Å². The number of thiazole rings is 1. The molecule has 6 heteroatoms. The van der Waals surface area contributed by atoms with Crippen molar-refractivity contribution in [2.24, 2.45) is 0 Å². The molecule has 26 heavy (non-hydrogen) atoms. The summed E-state index contributed by atoms with van der Waals surface area (Å²) >= 11 is 1.52. The van der Waals surface area contributed by atoms with Crippen LogP contribution in [-0.4, -0.2) is 24.1 Å². The van der Waals surface area contributed by atoms with E-state index in [-0.39, 0.29) is 0 Å². The van der Waals surface area contributed by atoms with E-state index in [4.69, 9.17) is 4.98 Å². The Balaban J connectivity index is 1.62. The molecule has 0 N–H and O–H groups in total. The highest BCUT2D eigenvalue weighted by Crippen LogP contribution is 2.32. The molecule has 0 aliphatic heterocycles. The van der Waals surface area contributed by atoms with Crippen LogP contribution in [0.2, 0.25) is 0 Å². The summed E-state index contributed by atoms with van der Waals surface area (Å²) in [5.41, 5.74) is 6.04. The van der Waals surface area contributed by atoms with Gasteiger partial charge in [-0.25, -0.2) is 13.4 Å². The molecule has 0 fully saturated rings. The molecular formula is C20H18N2O2S2. The molecule has 0 unspecified atom stereocenters. The van der Waals surface area contributed by atoms with Gasteiger partial charge in [-0.1, -0.05) is 23.5 Å². The van der Waals surface area contributed by atoms with Crippen LogP contribution in [0.1, 0.15) is 24.0 Å². The van der Waals surface area contributed by atoms with Crippen LogP contribution in [0, 0.1) is 0 Å². The molecule has 0 saturated carbocycles. The second-order valence-electron chi connectivity index (χ2n) is 6.97. The van der Waals surface area contributed by atoms with Crippen molar-refractivity contribution in [2.45, 2.75) is 30.6 Å². The lowest BCUT2D eigenvalue weighted by Gasteiger charge is -2.15. The van der Waals surface area contributed by atoms with Crippen molar-refractivity contribution >= 4 is 36.4 Å². The maximum atomic E-state index is 11.8. The third-order valence-corrected chi connectivity index (χ3v) is 7.27. The number of sulfone groups is 1. The normalized spacial score (nSPS) is 14.8. The van der Waals surface area contributed by atoms with Gasteiger partial charge in [0.25, 0.3) is 0 Å². The Morgan fingerprint density at radius 3 is 2.65 bits per heavy atom. The lowest BCUT2D eigenvalue weighted by Crippen LogP contribution is -2.02. The lowest BCUT2D eigenvalue weighted by atomic mass is 9.90. The number of hydrogen-bond donors (Lipinski definition) is 0. The molecule has 2 heterocycles. The number of aromatic nitrogens is 2. The van der Waals surface area contributed by atoms with Crippen LogP contribution in [0.3, 0.4) is 0 Å². The van der Waals surface area contributed by atoms with Crippen LogP contribution in [0.4, 0.5) is 0 Å². The average molecular weight is 383 g/mol. The topological polar surface area (TPSA) is 51.4 Å². The summed E-state index contributed by atoms with van der Waals surface area (Å²) in [6.45, 7) is 0. The third-order valence-electron chi connectivity index (χ3n) is 5.14. The SMILES string of the molecule is CS(=O)(=O)c1ccc2c(c1)sc1nc(-c3ccc4c(c3)CCCC4)cn12. The van der Waals surface area contributed by atoms with Crippen LogP contribution in [0.15, 0.2) is 47.5 Å². The first-order valence-corrected chi connectivity index (χ1v) is 11.4. The van der Waals surface area contributed by atoms with E-state index in [1.165, 1.54) is 48.0 Å². The standard InChI is InChI=1S/C20H18N2O2S2/c1-26(23,24)16-8-9-18-19(11-16)25-20-21-17(12-22(18)20)15-7-6-13-4-2-3-5-14(13)10-15/h6-12H,2-5H2,1H3. The summed E-state index contributed by atoms with van der Waals surface area (Å²) in [5, 5.41) is 0. The molecule has 4 aromatic rings. The molecule has 0 bridgehead atoms. The van der Waals surface area contributed by atoms with Crippen molar-refractivity contribution in [3.63, 3.8) is 0 Å². The van der Waals surface area contributed by atoms with Crippen LogP contribution in [0.5, 0.6) is 0 Å². The Kier molecular flexibility index (Phi) is 3.49. The quantitative estimate of drug-likeness (QED) is 0.513. The van der Waals surface area contributed by atoms with E-state index >= 15 is 0 Å². The monoisotopic (exact) mass is 382 g/mol. The average Bonchev–Trinajstić information content (AvgIpc) is 3.18. The molecule has 0 atom stereocenters. The summed E-state index contributed by atoms with van der Waals surface area (Å²) in [6.07, 6.45) is 8.18. The van der Waals surface area contributed by atoms with Gasteiger partial charge in [0.1, 0.15) is 0 Å². The molecule has 5 rings (SSSR count). The summed E-state index contributed by atoms with van der Waals surface area (Å²) in [6, 6.07) is 12.0. The zero-order valence-corrected chi connectivity index (χ0v) is 16.0. The number of benzene rings is 2. The fourth-order valence-corrected chi connectivity index (χ4v) is 5.51. The van der Waals surface area contributed by atoms with Gasteiger partial charge in [-0.2, -0.15) is 0 Å². The van der Waals surface area contributed by atoms with Crippen molar-refractivity contribution in [1.29, 1.82) is 0 Å². The molecular weight excluding hydrogens is 364 g/mol. The number of imidazole rings is 1. The summed E-state index contributed by atoms with van der Waals surface area (Å²) in [5.74, 6) is 0. The first-order chi connectivity index (χ1) is 12.5. The van der Waals surface area contributed by atoms with Crippen LogP contribution in [0.25, 0.3) is 26.4 Å². The second-order valence-corrected chi connectivity index (χ2v) is 10.00. The lowest BCUT2D eigenvalue weighted by molar-refractivity contribution is 0.602. The highest BCUT2D eigenvalue weighted by Gasteiger charge is 2.15. The maximum absolute atomic E-state index is 11.8. The first kappa shape index (κ1) is 16.0. The fourth-order valence-electron chi connectivity index (χ4n) is 3.74. The minimum atomic E-state index is -3.20. The predicted octanol–water partition coefficient (Wildman–Crippen LogP) is 4.50. The van der Waals surface area contributed by atoms with Gasteiger partial charge in [-0.3, -0.25) is 4.40 Å². The maximum Gasteiger partial charge on any atom is 0.195 e. The predicted molar refractivity (Wildman–Crippen MR) is 106 cm³/mol. The Labute approximate surface area is 156 Å². The Morgan fingerprint density at radius 2 is 1.85 bits per heavy atom. The van der Waals surface area contributed by atoms with Crippen molar-refractivity contribution in [2.75, 3.05) is 6.26 Å². The van der Waals surface area contributed by atoms with Crippen molar-refractivity contribution in [3.8, 4) is 11.3 Å². The number of hydrogen-bond acceptors (Lipinski definition) is 4. The third kappa shape index (κ3) is 2.56. The van der Waals surface area contributed by atoms with Gasteiger partial charge in [-0.05, 0) is 61.1 Å². The first-order valence-electron chi connectivity index (χ1n) is 8.73. The van der Waals surface area contributed by atoms with Crippen LogP contribution >= 0.6 is 11.3 Å². The van der Waals surface area contributed by atoms with Crippen molar-refractivity contribution in [3.05, 3.63) is 53.7 Å². The number of fused-ring (bicyclic) bond motifs is 4. The Morgan fingerprint density at radius 1 is 1.04 bits per heavy atom. The molecule has 2 aromatic heterocycles. The van der Waals surface area contributed by atoms with Gasteiger partial charge in [-0.15, -0.1) is 0 Å². The number of rotatable bonds is 2. The Hall–Kier alpha value is -2.18. The molecule has 0 amide bonds. The minimum Gasteiger partial charge on any atom is -0.290 e. The van der Waals surface area contributed by atoms with Gasteiger partial charge in [0.05, 0.1) is 20.8 Å². The van der Waals surface area contributed by atoms with E-state index in [9.17, 15) is 8.42 Å². The Bertz CT molecular complexity index is 1270. The van der Waals surface area contributed by atoms with Gasteiger partial charge in [0.15, 0.2) is 14.8 Å². The number of aryl methyl sites for hydroxylation is 2. The molecule has 1 aliphatic carbocycles. The van der Waals surface area contributed by atoms with Gasteiger partial charge < -0.3 is 0 Å². The van der Waals surface area contributed by atoms with E-state index in [2.05, 4.69) is 28.8 Å². The second kappa shape index (κ2) is 5.66. The summed E-state index contributed by atoms with van der Waals surface area (Å²) < 4.78 is 26.5. The zero-order chi connectivity index (χ0) is 17.9. The fraction of sp³-hybridized carbons (Fsp3) is 0.250. The van der Waals surface area contributed by atoms with Crippen LogP contribution in [-0.2, 0) is 22.7 Å². The molecule has 0 spiro atoms. The highest BCUT2D eigenvalue weighted by atomic mass is 32.2. The zero-order valence-electron chi connectivity index (χ0n) is 14.4. The van der Waals surface area contributed by atoms with E-state index < -0.39 is 9.84 Å². The molecule has 2 aromatic carbocycles. The molecule has 0 radical (unpaired) electrons. The molecule has 4 nitrogen and oxygen atoms in total. The van der Waals surface area contributed by atoms with E-state index in [1.54, 1.807) is 12.1 Å². The summed E-state index contributed by atoms with van der Waals surface area (Å²) in [7, 11) is -3.20. The van der Waals surface area contributed by atoms with Crippen molar-refractivity contribution < 1.29 is 8.42 Å². The van der Waals surface area contributed by atoms with Gasteiger partial charge >= 0.3 is 0 Å². The van der Waals surface area contributed by atoms with E-state index in [1.807, 2.05) is 6.07 Å². The van der Waals surface area contributed by atoms with Crippen molar-refractivity contribution in [1.82, 2.24) is 9.38 Å². The smallest absolute Gasteiger partial charge is 0.195 e. The van der Waals surface area contributed by atoms with E-state index in [0.717, 1.165) is 32.9 Å². The van der Waals surface area contributed by atoms with Gasteiger partial charge in [0, 0.05) is 18.0 Å².